The Morgan fingerprint density at radius 3 is 2.56 bits per heavy atom. The highest BCUT2D eigenvalue weighted by Gasteiger charge is 2.12. The number of aliphatic carboxylic acids is 1. The minimum Gasteiger partial charge on any atom is -0.481 e. The van der Waals surface area contributed by atoms with Gasteiger partial charge in [-0.2, -0.15) is 0 Å². The number of rotatable bonds is 8. The Bertz CT molecular complexity index is 310. The van der Waals surface area contributed by atoms with E-state index in [1.165, 1.54) is 0 Å². The summed E-state index contributed by atoms with van der Waals surface area (Å²) in [6, 6.07) is -0.661. The van der Waals surface area contributed by atoms with Gasteiger partial charge in [-0.25, -0.2) is 4.79 Å². The average Bonchev–Trinajstić information content (AvgIpc) is 2.29. The Kier molecular flexibility index (Phi) is 8.41. The number of ether oxygens (including phenoxy) is 1. The number of hydrogen-bond acceptors (Lipinski definition) is 3. The van der Waals surface area contributed by atoms with Crippen LogP contribution in [0.25, 0.3) is 0 Å². The number of urea groups is 1. The first-order valence-corrected chi connectivity index (χ1v) is 5.77. The van der Waals surface area contributed by atoms with Gasteiger partial charge in [0.15, 0.2) is 0 Å². The minimum absolute atomic E-state index is 0.0429. The van der Waals surface area contributed by atoms with E-state index in [4.69, 9.17) is 16.3 Å². The van der Waals surface area contributed by atoms with Crippen LogP contribution in [-0.4, -0.2) is 42.9 Å². The maximum atomic E-state index is 11.4. The van der Waals surface area contributed by atoms with E-state index in [1.807, 2.05) is 13.8 Å². The predicted octanol–water partition coefficient (Wildman–Crippen LogP) is 0.435. The lowest BCUT2D eigenvalue weighted by Crippen LogP contribution is -2.44. The van der Waals surface area contributed by atoms with Crippen molar-refractivity contribution in [3.8, 4) is 12.3 Å². The highest BCUT2D eigenvalue weighted by molar-refractivity contribution is 5.74. The van der Waals surface area contributed by atoms with Gasteiger partial charge in [0.25, 0.3) is 0 Å². The van der Waals surface area contributed by atoms with Crippen molar-refractivity contribution < 1.29 is 19.4 Å². The standard InChI is InChI=1S/C12H20N2O4/c1-4-10(9(2)3)14-12(17)13-6-8-18-7-5-11(15)16/h1,9-10H,5-8H2,2-3H3,(H,15,16)(H2,13,14,17). The monoisotopic (exact) mass is 256 g/mol. The molecule has 0 aromatic heterocycles. The summed E-state index contributed by atoms with van der Waals surface area (Å²) < 4.78 is 5.01. The third kappa shape index (κ3) is 8.42. The van der Waals surface area contributed by atoms with E-state index in [9.17, 15) is 9.59 Å². The molecule has 0 heterocycles. The van der Waals surface area contributed by atoms with Gasteiger partial charge in [0.1, 0.15) is 0 Å². The van der Waals surface area contributed by atoms with Crippen molar-refractivity contribution >= 4 is 12.0 Å². The topological polar surface area (TPSA) is 87.7 Å². The lowest BCUT2D eigenvalue weighted by atomic mass is 10.1. The molecule has 0 fully saturated rings. The van der Waals surface area contributed by atoms with E-state index >= 15 is 0 Å². The molecule has 102 valence electrons. The largest absolute Gasteiger partial charge is 0.481 e. The molecule has 0 aliphatic rings. The zero-order chi connectivity index (χ0) is 14.0. The highest BCUT2D eigenvalue weighted by Crippen LogP contribution is 1.98. The van der Waals surface area contributed by atoms with Crippen LogP contribution < -0.4 is 10.6 Å². The number of carbonyl (C=O) groups excluding carboxylic acids is 1. The van der Waals surface area contributed by atoms with Crippen LogP contribution in [0.5, 0.6) is 0 Å². The van der Waals surface area contributed by atoms with Crippen LogP contribution in [0.1, 0.15) is 20.3 Å². The number of carboxylic acids is 1. The van der Waals surface area contributed by atoms with Crippen molar-refractivity contribution in [1.82, 2.24) is 10.6 Å². The molecule has 0 spiro atoms. The molecular weight excluding hydrogens is 236 g/mol. The Morgan fingerprint density at radius 2 is 2.06 bits per heavy atom. The first kappa shape index (κ1) is 16.3. The number of nitrogens with one attached hydrogen (secondary N) is 2. The van der Waals surface area contributed by atoms with Crippen LogP contribution in [0.3, 0.4) is 0 Å². The number of amides is 2. The van der Waals surface area contributed by atoms with Crippen LogP contribution in [0, 0.1) is 18.3 Å². The molecule has 18 heavy (non-hydrogen) atoms. The molecule has 0 aliphatic carbocycles. The van der Waals surface area contributed by atoms with Gasteiger partial charge in [-0.15, -0.1) is 6.42 Å². The summed E-state index contributed by atoms with van der Waals surface area (Å²) in [7, 11) is 0. The Morgan fingerprint density at radius 1 is 1.39 bits per heavy atom. The molecule has 6 nitrogen and oxygen atoms in total. The summed E-state index contributed by atoms with van der Waals surface area (Å²) in [5, 5.41) is 13.6. The third-order valence-corrected chi connectivity index (χ3v) is 2.13. The van der Waals surface area contributed by atoms with Gasteiger partial charge in [0, 0.05) is 6.54 Å². The number of hydrogen-bond donors (Lipinski definition) is 3. The second-order valence-corrected chi connectivity index (χ2v) is 4.04. The van der Waals surface area contributed by atoms with Gasteiger partial charge < -0.3 is 20.5 Å². The molecule has 0 radical (unpaired) electrons. The molecule has 0 aliphatic heterocycles. The lowest BCUT2D eigenvalue weighted by molar-refractivity contribution is -0.138. The second-order valence-electron chi connectivity index (χ2n) is 4.04. The van der Waals surface area contributed by atoms with Crippen LogP contribution in [-0.2, 0) is 9.53 Å². The zero-order valence-corrected chi connectivity index (χ0v) is 10.7. The van der Waals surface area contributed by atoms with Gasteiger partial charge in [-0.3, -0.25) is 4.79 Å². The van der Waals surface area contributed by atoms with Crippen LogP contribution in [0.15, 0.2) is 0 Å². The van der Waals surface area contributed by atoms with E-state index in [2.05, 4.69) is 16.6 Å². The van der Waals surface area contributed by atoms with Crippen LogP contribution >= 0.6 is 0 Å². The second kappa shape index (κ2) is 9.31. The van der Waals surface area contributed by atoms with Crippen LogP contribution in [0.4, 0.5) is 4.79 Å². The molecule has 3 N–H and O–H groups in total. The van der Waals surface area contributed by atoms with Gasteiger partial charge in [0.2, 0.25) is 0 Å². The van der Waals surface area contributed by atoms with Gasteiger partial charge in [0.05, 0.1) is 25.7 Å². The fraction of sp³-hybridized carbons (Fsp3) is 0.667. The molecule has 0 rings (SSSR count). The molecule has 6 heteroatoms. The summed E-state index contributed by atoms with van der Waals surface area (Å²) in [5.41, 5.74) is 0. The smallest absolute Gasteiger partial charge is 0.315 e. The molecule has 1 unspecified atom stereocenters. The summed E-state index contributed by atoms with van der Waals surface area (Å²) >= 11 is 0. The van der Waals surface area contributed by atoms with Crippen molar-refractivity contribution in [1.29, 1.82) is 0 Å². The number of carboxylic acid groups (broad SMARTS) is 1. The van der Waals surface area contributed by atoms with E-state index in [1.54, 1.807) is 0 Å². The molecule has 0 bridgehead atoms. The van der Waals surface area contributed by atoms with Crippen molar-refractivity contribution in [2.24, 2.45) is 5.92 Å². The molecule has 0 saturated carbocycles. The normalized spacial score (nSPS) is 11.7. The maximum Gasteiger partial charge on any atom is 0.315 e. The quantitative estimate of drug-likeness (QED) is 0.434. The summed E-state index contributed by atoms with van der Waals surface area (Å²) in [4.78, 5) is 21.6. The van der Waals surface area contributed by atoms with Gasteiger partial charge >= 0.3 is 12.0 Å². The van der Waals surface area contributed by atoms with Crippen molar-refractivity contribution in [2.45, 2.75) is 26.3 Å². The maximum absolute atomic E-state index is 11.4. The first-order valence-electron chi connectivity index (χ1n) is 5.77. The van der Waals surface area contributed by atoms with Gasteiger partial charge in [-0.05, 0) is 5.92 Å². The Balaban J connectivity index is 3.60. The van der Waals surface area contributed by atoms with E-state index < -0.39 is 5.97 Å². The molecule has 1 atom stereocenters. The van der Waals surface area contributed by atoms with Crippen LogP contribution in [0.2, 0.25) is 0 Å². The summed E-state index contributed by atoms with van der Waals surface area (Å²) in [6.45, 7) is 4.54. The van der Waals surface area contributed by atoms with E-state index in [0.29, 0.717) is 6.54 Å². The molecule has 2 amide bonds. The zero-order valence-electron chi connectivity index (χ0n) is 10.7. The molecule has 0 saturated heterocycles. The third-order valence-electron chi connectivity index (χ3n) is 2.13. The number of carbonyl (C=O) groups is 2. The van der Waals surface area contributed by atoms with Crippen molar-refractivity contribution in [3.63, 3.8) is 0 Å². The number of terminal acetylenes is 1. The molecular formula is C12H20N2O4. The summed E-state index contributed by atoms with van der Waals surface area (Å²) in [5.74, 6) is 1.74. The first-order chi connectivity index (χ1) is 8.47. The molecule has 0 aromatic rings. The average molecular weight is 256 g/mol. The van der Waals surface area contributed by atoms with Gasteiger partial charge in [-0.1, -0.05) is 19.8 Å². The molecule has 0 aromatic carbocycles. The van der Waals surface area contributed by atoms with E-state index in [-0.39, 0.29) is 37.6 Å². The summed E-state index contributed by atoms with van der Waals surface area (Å²) in [6.07, 6.45) is 5.23. The lowest BCUT2D eigenvalue weighted by Gasteiger charge is -2.16. The predicted molar refractivity (Wildman–Crippen MR) is 67.1 cm³/mol. The fourth-order valence-corrected chi connectivity index (χ4v) is 1.09. The van der Waals surface area contributed by atoms with E-state index in [0.717, 1.165) is 0 Å². The minimum atomic E-state index is -0.908. The highest BCUT2D eigenvalue weighted by atomic mass is 16.5. The SMILES string of the molecule is C#CC(NC(=O)NCCOCCC(=O)O)C(C)C. The Labute approximate surface area is 107 Å². The fourth-order valence-electron chi connectivity index (χ4n) is 1.09. The van der Waals surface area contributed by atoms with Crippen molar-refractivity contribution in [3.05, 3.63) is 0 Å². The van der Waals surface area contributed by atoms with Crippen molar-refractivity contribution in [2.75, 3.05) is 19.8 Å². The Hall–Kier alpha value is -1.74.